The first-order valence-electron chi connectivity index (χ1n) is 5.78. The Bertz CT molecular complexity index is 388. The van der Waals surface area contributed by atoms with Gasteiger partial charge in [0.05, 0.1) is 31.2 Å². The first-order chi connectivity index (χ1) is 8.50. The van der Waals surface area contributed by atoms with Gasteiger partial charge < -0.3 is 21.4 Å². The number of nitrogens with two attached hydrogens (primary N) is 1. The van der Waals surface area contributed by atoms with E-state index in [1.165, 1.54) is 6.33 Å². The molecule has 100 valence electrons. The van der Waals surface area contributed by atoms with Crippen molar-refractivity contribution in [2.45, 2.75) is 26.4 Å². The Morgan fingerprint density at radius 3 is 2.72 bits per heavy atom. The van der Waals surface area contributed by atoms with Crippen LogP contribution in [-0.4, -0.2) is 34.4 Å². The molecule has 0 unspecified atom stereocenters. The van der Waals surface area contributed by atoms with E-state index in [0.717, 1.165) is 5.69 Å². The lowest BCUT2D eigenvalue weighted by molar-refractivity contribution is -0.127. The van der Waals surface area contributed by atoms with Crippen LogP contribution < -0.4 is 16.4 Å². The molecule has 2 amide bonds. The van der Waals surface area contributed by atoms with Crippen molar-refractivity contribution in [2.24, 2.45) is 11.7 Å². The molecule has 0 saturated heterocycles. The lowest BCUT2D eigenvalue weighted by Crippen LogP contribution is -2.47. The van der Waals surface area contributed by atoms with Gasteiger partial charge >= 0.3 is 0 Å². The number of imidazole rings is 1. The maximum absolute atomic E-state index is 11.5. The van der Waals surface area contributed by atoms with Crippen LogP contribution in [-0.2, 0) is 16.1 Å². The van der Waals surface area contributed by atoms with Gasteiger partial charge in [0, 0.05) is 6.20 Å². The average molecular weight is 253 g/mol. The molecule has 0 aromatic carbocycles. The second kappa shape index (κ2) is 6.75. The molecule has 1 atom stereocenters. The summed E-state index contributed by atoms with van der Waals surface area (Å²) in [6.07, 6.45) is 3.15. The van der Waals surface area contributed by atoms with Crippen molar-refractivity contribution in [1.29, 1.82) is 0 Å². The first kappa shape index (κ1) is 14.2. The van der Waals surface area contributed by atoms with E-state index < -0.39 is 6.04 Å². The molecule has 1 aromatic heterocycles. The molecule has 5 N–H and O–H groups in total. The molecule has 1 heterocycles. The van der Waals surface area contributed by atoms with Gasteiger partial charge in [0.1, 0.15) is 0 Å². The fourth-order valence-corrected chi connectivity index (χ4v) is 1.23. The number of hydrogen-bond acceptors (Lipinski definition) is 4. The van der Waals surface area contributed by atoms with E-state index in [9.17, 15) is 9.59 Å². The summed E-state index contributed by atoms with van der Waals surface area (Å²) in [6, 6.07) is -0.592. The molecule has 0 aliphatic carbocycles. The second-order valence-electron chi connectivity index (χ2n) is 4.34. The Kier molecular flexibility index (Phi) is 5.31. The highest BCUT2D eigenvalue weighted by Gasteiger charge is 2.17. The summed E-state index contributed by atoms with van der Waals surface area (Å²) in [5.74, 6) is -0.548. The number of H-pyrrole nitrogens is 1. The zero-order chi connectivity index (χ0) is 13.5. The average Bonchev–Trinajstić information content (AvgIpc) is 2.85. The van der Waals surface area contributed by atoms with Gasteiger partial charge in [-0.05, 0) is 5.92 Å². The van der Waals surface area contributed by atoms with E-state index >= 15 is 0 Å². The Balaban J connectivity index is 2.23. The Labute approximate surface area is 106 Å². The fraction of sp³-hybridized carbons (Fsp3) is 0.545. The van der Waals surface area contributed by atoms with Crippen LogP contribution in [0.3, 0.4) is 0 Å². The summed E-state index contributed by atoms with van der Waals surface area (Å²) in [7, 11) is 0. The molecule has 0 radical (unpaired) electrons. The molecular formula is C11H19N5O2. The van der Waals surface area contributed by atoms with Crippen molar-refractivity contribution in [3.05, 3.63) is 18.2 Å². The zero-order valence-corrected chi connectivity index (χ0v) is 10.6. The SMILES string of the molecule is CC(C)[C@H](N)C(=O)NCC(=O)NCc1cnc[nH]1. The van der Waals surface area contributed by atoms with Gasteiger partial charge in [0.2, 0.25) is 11.8 Å². The summed E-state index contributed by atoms with van der Waals surface area (Å²) in [4.78, 5) is 29.6. The fourth-order valence-electron chi connectivity index (χ4n) is 1.23. The number of rotatable bonds is 6. The highest BCUT2D eigenvalue weighted by molar-refractivity contribution is 5.87. The molecule has 0 fully saturated rings. The minimum atomic E-state index is -0.592. The van der Waals surface area contributed by atoms with E-state index in [2.05, 4.69) is 20.6 Å². The summed E-state index contributed by atoms with van der Waals surface area (Å²) in [5, 5.41) is 5.13. The van der Waals surface area contributed by atoms with E-state index in [4.69, 9.17) is 5.73 Å². The Morgan fingerprint density at radius 1 is 1.44 bits per heavy atom. The molecule has 18 heavy (non-hydrogen) atoms. The van der Waals surface area contributed by atoms with Crippen LogP contribution in [0.4, 0.5) is 0 Å². The van der Waals surface area contributed by atoms with Crippen molar-refractivity contribution in [1.82, 2.24) is 20.6 Å². The number of aromatic nitrogens is 2. The quantitative estimate of drug-likeness (QED) is 0.527. The lowest BCUT2D eigenvalue weighted by Gasteiger charge is -2.15. The van der Waals surface area contributed by atoms with Gasteiger partial charge in [-0.1, -0.05) is 13.8 Å². The predicted molar refractivity (Wildman–Crippen MR) is 66.3 cm³/mol. The van der Waals surface area contributed by atoms with Crippen LogP contribution in [0.2, 0.25) is 0 Å². The zero-order valence-electron chi connectivity index (χ0n) is 10.6. The predicted octanol–water partition coefficient (Wildman–Crippen LogP) is -0.875. The van der Waals surface area contributed by atoms with E-state index in [1.54, 1.807) is 6.20 Å². The third-order valence-electron chi connectivity index (χ3n) is 2.48. The molecule has 7 heteroatoms. The molecule has 0 spiro atoms. The third kappa shape index (κ3) is 4.54. The van der Waals surface area contributed by atoms with Crippen molar-refractivity contribution in [3.63, 3.8) is 0 Å². The van der Waals surface area contributed by atoms with E-state index in [1.807, 2.05) is 13.8 Å². The van der Waals surface area contributed by atoms with Crippen LogP contribution in [0.15, 0.2) is 12.5 Å². The van der Waals surface area contributed by atoms with Gasteiger partial charge in [0.25, 0.3) is 0 Å². The summed E-state index contributed by atoms with van der Waals surface area (Å²) >= 11 is 0. The Morgan fingerprint density at radius 2 is 2.17 bits per heavy atom. The van der Waals surface area contributed by atoms with Crippen LogP contribution >= 0.6 is 0 Å². The van der Waals surface area contributed by atoms with Crippen LogP contribution in [0.1, 0.15) is 19.5 Å². The normalized spacial score (nSPS) is 12.2. The van der Waals surface area contributed by atoms with Crippen molar-refractivity contribution in [3.8, 4) is 0 Å². The number of amides is 2. The van der Waals surface area contributed by atoms with Gasteiger partial charge in [-0.15, -0.1) is 0 Å². The maximum Gasteiger partial charge on any atom is 0.239 e. The minimum absolute atomic E-state index is 0.0399. The number of aromatic amines is 1. The summed E-state index contributed by atoms with van der Waals surface area (Å²) in [6.45, 7) is 3.98. The molecule has 0 aliphatic heterocycles. The monoisotopic (exact) mass is 253 g/mol. The standard InChI is InChI=1S/C11H19N5O2/c1-7(2)10(12)11(18)15-5-9(17)14-4-8-3-13-6-16-8/h3,6-7,10H,4-5,12H2,1-2H3,(H,13,16)(H,14,17)(H,15,18)/t10-/m0/s1. The third-order valence-corrected chi connectivity index (χ3v) is 2.48. The number of carbonyl (C=O) groups excluding carboxylic acids is 2. The molecule has 7 nitrogen and oxygen atoms in total. The lowest BCUT2D eigenvalue weighted by atomic mass is 10.1. The highest BCUT2D eigenvalue weighted by Crippen LogP contribution is 1.97. The number of hydrogen-bond donors (Lipinski definition) is 4. The van der Waals surface area contributed by atoms with Crippen molar-refractivity contribution < 1.29 is 9.59 Å². The molecule has 0 bridgehead atoms. The van der Waals surface area contributed by atoms with Gasteiger partial charge in [-0.25, -0.2) is 4.98 Å². The highest BCUT2D eigenvalue weighted by atomic mass is 16.2. The molecule has 0 aliphatic rings. The molecular weight excluding hydrogens is 234 g/mol. The van der Waals surface area contributed by atoms with Gasteiger partial charge in [0.15, 0.2) is 0 Å². The van der Waals surface area contributed by atoms with Gasteiger partial charge in [-0.2, -0.15) is 0 Å². The van der Waals surface area contributed by atoms with Crippen LogP contribution in [0.25, 0.3) is 0 Å². The second-order valence-corrected chi connectivity index (χ2v) is 4.34. The van der Waals surface area contributed by atoms with Crippen LogP contribution in [0.5, 0.6) is 0 Å². The topological polar surface area (TPSA) is 113 Å². The van der Waals surface area contributed by atoms with E-state index in [-0.39, 0.29) is 24.3 Å². The summed E-state index contributed by atoms with van der Waals surface area (Å²) < 4.78 is 0. The summed E-state index contributed by atoms with van der Waals surface area (Å²) in [5.41, 5.74) is 6.44. The van der Waals surface area contributed by atoms with Crippen molar-refractivity contribution in [2.75, 3.05) is 6.54 Å². The number of nitrogens with one attached hydrogen (secondary N) is 3. The molecule has 0 saturated carbocycles. The van der Waals surface area contributed by atoms with Gasteiger partial charge in [-0.3, -0.25) is 9.59 Å². The minimum Gasteiger partial charge on any atom is -0.349 e. The smallest absolute Gasteiger partial charge is 0.239 e. The largest absolute Gasteiger partial charge is 0.349 e. The first-order valence-corrected chi connectivity index (χ1v) is 5.78. The van der Waals surface area contributed by atoms with E-state index in [0.29, 0.717) is 6.54 Å². The number of carbonyl (C=O) groups is 2. The maximum atomic E-state index is 11.5. The van der Waals surface area contributed by atoms with Crippen LogP contribution in [0, 0.1) is 5.92 Å². The Hall–Kier alpha value is -1.89. The molecule has 1 aromatic rings. The molecule has 1 rings (SSSR count). The number of nitrogens with zero attached hydrogens (tertiary/aromatic N) is 1. The van der Waals surface area contributed by atoms with Crippen molar-refractivity contribution >= 4 is 11.8 Å².